The summed E-state index contributed by atoms with van der Waals surface area (Å²) in [4.78, 5) is 38.6. The second-order valence-electron chi connectivity index (χ2n) is 11.6. The lowest BCUT2D eigenvalue weighted by Gasteiger charge is -2.09. The molecule has 8 nitrogen and oxygen atoms in total. The van der Waals surface area contributed by atoms with E-state index < -0.39 is 0 Å². The molecule has 47 heavy (non-hydrogen) atoms. The number of allylic oxidation sites excluding steroid dienone is 3. The Balaban J connectivity index is 1.34. The highest BCUT2D eigenvalue weighted by Gasteiger charge is 2.28. The SMILES string of the molecule is C1=CC2=C3N=C(N=c4[nH]/c(c5ccccc45)=N\c4[nH]c(c5ccccc45)N=c4[nH]c(c5c(Sc6ccccc6)cccc45)=N3)C2C=C1. The quantitative estimate of drug-likeness (QED) is 0.193. The lowest BCUT2D eigenvalue weighted by atomic mass is 9.95. The van der Waals surface area contributed by atoms with E-state index in [0.717, 1.165) is 59.0 Å². The highest BCUT2D eigenvalue weighted by molar-refractivity contribution is 7.99. The number of amidine groups is 1. The van der Waals surface area contributed by atoms with Crippen LogP contribution in [0.1, 0.15) is 0 Å². The number of hydrogen-bond donors (Lipinski definition) is 3. The molecule has 5 heterocycles. The molecule has 7 aromatic rings. The maximum atomic E-state index is 5.24. The molecule has 3 N–H and O–H groups in total. The molecule has 4 aromatic carbocycles. The number of rotatable bonds is 2. The first kappa shape index (κ1) is 26.2. The Morgan fingerprint density at radius 1 is 0.511 bits per heavy atom. The number of nitrogens with zero attached hydrogens (tertiary/aromatic N) is 5. The molecule has 1 atom stereocenters. The van der Waals surface area contributed by atoms with Crippen molar-refractivity contribution in [2.45, 2.75) is 9.79 Å². The van der Waals surface area contributed by atoms with Gasteiger partial charge in [0.2, 0.25) is 0 Å². The molecule has 0 radical (unpaired) electrons. The smallest absolute Gasteiger partial charge is 0.160 e. The summed E-state index contributed by atoms with van der Waals surface area (Å²) in [5, 5.41) is 5.87. The number of nitrogens with one attached hydrogen (secondary N) is 3. The van der Waals surface area contributed by atoms with Crippen molar-refractivity contribution >= 4 is 61.6 Å². The van der Waals surface area contributed by atoms with E-state index in [1.807, 2.05) is 42.5 Å². The lowest BCUT2D eigenvalue weighted by Crippen LogP contribution is -2.17. The Bertz CT molecular complexity index is 2830. The molecular formula is C38H24N8S. The van der Waals surface area contributed by atoms with Crippen LogP contribution < -0.4 is 22.0 Å². The van der Waals surface area contributed by atoms with Crippen LogP contribution in [0, 0.1) is 5.92 Å². The van der Waals surface area contributed by atoms with E-state index in [1.165, 1.54) is 0 Å². The third-order valence-corrected chi connectivity index (χ3v) is 9.82. The zero-order chi connectivity index (χ0) is 30.9. The number of aromatic amines is 3. The summed E-state index contributed by atoms with van der Waals surface area (Å²) in [6.07, 6.45) is 8.28. The molecule has 222 valence electrons. The van der Waals surface area contributed by atoms with E-state index in [2.05, 4.69) is 93.8 Å². The van der Waals surface area contributed by atoms with Crippen LogP contribution >= 0.6 is 11.8 Å². The Morgan fingerprint density at radius 2 is 1.15 bits per heavy atom. The molecule has 2 aliphatic heterocycles. The van der Waals surface area contributed by atoms with Crippen molar-refractivity contribution in [2.24, 2.45) is 30.9 Å². The monoisotopic (exact) mass is 624 g/mol. The van der Waals surface area contributed by atoms with Gasteiger partial charge in [0, 0.05) is 47.7 Å². The fraction of sp³-hybridized carbons (Fsp3) is 0.0263. The van der Waals surface area contributed by atoms with Crippen LogP contribution in [-0.4, -0.2) is 20.8 Å². The fourth-order valence-electron chi connectivity index (χ4n) is 6.58. The van der Waals surface area contributed by atoms with Gasteiger partial charge in [-0.1, -0.05) is 115 Å². The van der Waals surface area contributed by atoms with Gasteiger partial charge in [0.25, 0.3) is 0 Å². The number of aliphatic imine (C=N–C) groups is 1. The Kier molecular flexibility index (Phi) is 5.70. The van der Waals surface area contributed by atoms with Gasteiger partial charge >= 0.3 is 0 Å². The van der Waals surface area contributed by atoms with E-state index in [-0.39, 0.29) is 5.92 Å². The Morgan fingerprint density at radius 3 is 1.91 bits per heavy atom. The first-order valence-corrected chi connectivity index (χ1v) is 16.2. The normalized spacial score (nSPS) is 17.2. The molecule has 0 amide bonds. The molecule has 3 aromatic heterocycles. The fourth-order valence-corrected chi connectivity index (χ4v) is 7.58. The molecule has 0 fully saturated rings. The van der Waals surface area contributed by atoms with Gasteiger partial charge in [-0.3, -0.25) is 0 Å². The maximum absolute atomic E-state index is 5.24. The van der Waals surface area contributed by atoms with Gasteiger partial charge in [-0.05, 0) is 18.2 Å². The molecule has 0 saturated carbocycles. The highest BCUT2D eigenvalue weighted by Crippen LogP contribution is 2.35. The predicted octanol–water partition coefficient (Wildman–Crippen LogP) is 6.80. The zero-order valence-corrected chi connectivity index (χ0v) is 25.6. The van der Waals surface area contributed by atoms with Gasteiger partial charge in [0.05, 0.1) is 5.92 Å². The number of hydrogen-bond acceptors (Lipinski definition) is 6. The van der Waals surface area contributed by atoms with Crippen LogP contribution in [0.4, 0.5) is 11.6 Å². The lowest BCUT2D eigenvalue weighted by molar-refractivity contribution is 1.02. The number of benzene rings is 4. The third-order valence-electron chi connectivity index (χ3n) is 8.75. The molecule has 0 saturated heterocycles. The molecule has 3 aliphatic rings. The highest BCUT2D eigenvalue weighted by atomic mass is 32.2. The molecule has 9 heteroatoms. The summed E-state index contributed by atoms with van der Waals surface area (Å²) >= 11 is 1.71. The summed E-state index contributed by atoms with van der Waals surface area (Å²) < 4.78 is 0. The molecule has 1 unspecified atom stereocenters. The van der Waals surface area contributed by atoms with Crippen LogP contribution in [0.15, 0.2) is 168 Å². The van der Waals surface area contributed by atoms with Crippen molar-refractivity contribution in [1.82, 2.24) is 15.0 Å². The molecular weight excluding hydrogens is 601 g/mol. The average Bonchev–Trinajstić information content (AvgIpc) is 3.85. The van der Waals surface area contributed by atoms with E-state index in [9.17, 15) is 0 Å². The largest absolute Gasteiger partial charge is 0.324 e. The topological polar surface area (TPSA) is 109 Å². The van der Waals surface area contributed by atoms with Gasteiger partial charge in [0.15, 0.2) is 5.82 Å². The van der Waals surface area contributed by atoms with Gasteiger partial charge in [0.1, 0.15) is 39.4 Å². The molecule has 1 aliphatic carbocycles. The summed E-state index contributed by atoms with van der Waals surface area (Å²) in [5.74, 6) is 2.62. The van der Waals surface area contributed by atoms with Crippen LogP contribution in [0.2, 0.25) is 0 Å². The van der Waals surface area contributed by atoms with E-state index in [4.69, 9.17) is 25.0 Å². The van der Waals surface area contributed by atoms with Crippen molar-refractivity contribution in [3.8, 4) is 0 Å². The predicted molar refractivity (Wildman–Crippen MR) is 186 cm³/mol. The zero-order valence-electron chi connectivity index (χ0n) is 24.8. The standard InChI is InChI=1S/C38H24N8S/c1-2-11-21(12-3-1)47-29-20-10-19-28-30(29)38-45-36-27-18-9-8-17-26(27)34(43-36)41-32-23-14-5-4-13-22(23)31(39-32)40-33-24-15-6-7-16-25(24)35(42-33)44-37(28)46-38/h1-20,26,42H,(H,44,45,46)(H,39,40,41,43). The summed E-state index contributed by atoms with van der Waals surface area (Å²) in [5.41, 5.74) is 3.85. The minimum atomic E-state index is -0.116. The minimum Gasteiger partial charge on any atom is -0.324 e. The first-order valence-electron chi connectivity index (χ1n) is 15.4. The van der Waals surface area contributed by atoms with Crippen molar-refractivity contribution < 1.29 is 0 Å². The Labute approximate surface area is 271 Å². The maximum Gasteiger partial charge on any atom is 0.160 e. The van der Waals surface area contributed by atoms with Crippen LogP contribution in [0.5, 0.6) is 0 Å². The number of fused-ring (bicyclic) bond motifs is 18. The Hall–Kier alpha value is -6.06. The van der Waals surface area contributed by atoms with Crippen molar-refractivity contribution in [2.75, 3.05) is 0 Å². The second-order valence-corrected chi connectivity index (χ2v) is 12.7. The first-order chi connectivity index (χ1) is 23.3. The van der Waals surface area contributed by atoms with Gasteiger partial charge in [-0.15, -0.1) is 0 Å². The average molecular weight is 625 g/mol. The van der Waals surface area contributed by atoms with Crippen molar-refractivity contribution in [3.63, 3.8) is 0 Å². The van der Waals surface area contributed by atoms with Crippen molar-refractivity contribution in [3.05, 3.63) is 155 Å². The number of H-pyrrole nitrogens is 3. The molecule has 8 bridgehead atoms. The summed E-state index contributed by atoms with van der Waals surface area (Å²) in [6, 6.07) is 33.1. The second kappa shape index (κ2) is 10.2. The van der Waals surface area contributed by atoms with Crippen LogP contribution in [0.25, 0.3) is 32.3 Å². The van der Waals surface area contributed by atoms with Crippen molar-refractivity contribution in [1.29, 1.82) is 0 Å². The van der Waals surface area contributed by atoms with Gasteiger partial charge < -0.3 is 15.0 Å². The van der Waals surface area contributed by atoms with E-state index in [0.29, 0.717) is 33.9 Å². The van der Waals surface area contributed by atoms with E-state index in [1.54, 1.807) is 11.8 Å². The third kappa shape index (κ3) is 4.20. The van der Waals surface area contributed by atoms with Gasteiger partial charge in [-0.25, -0.2) is 25.0 Å². The summed E-state index contributed by atoms with van der Waals surface area (Å²) in [6.45, 7) is 0. The van der Waals surface area contributed by atoms with E-state index >= 15 is 0 Å². The molecule has 0 spiro atoms. The van der Waals surface area contributed by atoms with Crippen LogP contribution in [-0.2, 0) is 0 Å². The van der Waals surface area contributed by atoms with Crippen LogP contribution in [0.3, 0.4) is 0 Å². The number of aromatic nitrogens is 3. The van der Waals surface area contributed by atoms with Gasteiger partial charge in [-0.2, -0.15) is 0 Å². The minimum absolute atomic E-state index is 0.116. The summed E-state index contributed by atoms with van der Waals surface area (Å²) in [7, 11) is 0. The molecule has 10 rings (SSSR count).